The molecule has 0 unspecified atom stereocenters. The maximum absolute atomic E-state index is 12.9. The molecule has 7 nitrogen and oxygen atoms in total. The highest BCUT2D eigenvalue weighted by Gasteiger charge is 2.42. The van der Waals surface area contributed by atoms with Gasteiger partial charge >= 0.3 is 5.97 Å². The molecule has 2 aliphatic rings. The topological polar surface area (TPSA) is 74.2 Å². The molecule has 0 saturated carbocycles. The number of guanidine groups is 1. The van der Waals surface area contributed by atoms with Gasteiger partial charge in [0.15, 0.2) is 5.92 Å². The van der Waals surface area contributed by atoms with Gasteiger partial charge in [0.25, 0.3) is 0 Å². The van der Waals surface area contributed by atoms with E-state index in [4.69, 9.17) is 21.3 Å². The molecule has 0 aliphatic carbocycles. The number of halogens is 1. The molecule has 31 heavy (non-hydrogen) atoms. The lowest BCUT2D eigenvalue weighted by Gasteiger charge is -2.39. The van der Waals surface area contributed by atoms with Crippen molar-refractivity contribution in [3.05, 3.63) is 65.2 Å². The van der Waals surface area contributed by atoms with Crippen LogP contribution in [0.15, 0.2) is 59.6 Å². The normalized spacial score (nSPS) is 21.4. The Morgan fingerprint density at radius 3 is 2.35 bits per heavy atom. The second kappa shape index (κ2) is 9.39. The first-order chi connectivity index (χ1) is 15.1. The molecule has 1 amide bonds. The van der Waals surface area contributed by atoms with E-state index in [-0.39, 0.29) is 12.5 Å². The molecule has 2 aromatic rings. The second-order valence-corrected chi connectivity index (χ2v) is 7.91. The molecule has 2 heterocycles. The van der Waals surface area contributed by atoms with E-state index in [1.165, 1.54) is 0 Å². The summed E-state index contributed by atoms with van der Waals surface area (Å²) in [6.07, 6.45) is 0. The van der Waals surface area contributed by atoms with E-state index < -0.39 is 17.9 Å². The Hall–Kier alpha value is -3.06. The summed E-state index contributed by atoms with van der Waals surface area (Å²) in [6, 6.07) is 16.6. The fourth-order valence-corrected chi connectivity index (χ4v) is 4.07. The average Bonchev–Trinajstić information content (AvgIpc) is 2.80. The minimum atomic E-state index is -0.999. The molecule has 1 saturated heterocycles. The molecule has 0 aromatic heterocycles. The Morgan fingerprint density at radius 1 is 1.06 bits per heavy atom. The summed E-state index contributed by atoms with van der Waals surface area (Å²) in [6.45, 7) is 4.92. The number of anilines is 1. The van der Waals surface area contributed by atoms with Gasteiger partial charge in [0.1, 0.15) is 6.04 Å². The van der Waals surface area contributed by atoms with E-state index in [1.54, 1.807) is 6.92 Å². The van der Waals surface area contributed by atoms with Crippen molar-refractivity contribution in [3.8, 4) is 0 Å². The van der Waals surface area contributed by atoms with Gasteiger partial charge in [-0.2, -0.15) is 0 Å². The van der Waals surface area contributed by atoms with Crippen LogP contribution in [-0.4, -0.2) is 55.5 Å². The Balaban J connectivity index is 1.53. The smallest absolute Gasteiger partial charge is 0.321 e. The summed E-state index contributed by atoms with van der Waals surface area (Å²) in [5.74, 6) is -1.42. The van der Waals surface area contributed by atoms with Crippen molar-refractivity contribution in [2.75, 3.05) is 37.7 Å². The Labute approximate surface area is 186 Å². The molecule has 4 rings (SSSR count). The van der Waals surface area contributed by atoms with Gasteiger partial charge in [-0.05, 0) is 36.8 Å². The first-order valence-corrected chi connectivity index (χ1v) is 10.8. The van der Waals surface area contributed by atoms with Crippen molar-refractivity contribution < 1.29 is 14.3 Å². The maximum atomic E-state index is 12.9. The van der Waals surface area contributed by atoms with Crippen molar-refractivity contribution in [1.29, 1.82) is 0 Å². The number of hydrogen-bond donors (Lipinski definition) is 1. The van der Waals surface area contributed by atoms with Crippen LogP contribution in [0.5, 0.6) is 0 Å². The highest BCUT2D eigenvalue weighted by atomic mass is 35.5. The van der Waals surface area contributed by atoms with E-state index in [2.05, 4.69) is 15.1 Å². The highest BCUT2D eigenvalue weighted by molar-refractivity contribution is 6.30. The molecular formula is C23H25ClN4O3. The number of benzene rings is 2. The van der Waals surface area contributed by atoms with Crippen LogP contribution >= 0.6 is 11.6 Å². The van der Waals surface area contributed by atoms with E-state index >= 15 is 0 Å². The zero-order chi connectivity index (χ0) is 21.8. The zero-order valence-corrected chi connectivity index (χ0v) is 18.1. The highest BCUT2D eigenvalue weighted by Crippen LogP contribution is 2.31. The van der Waals surface area contributed by atoms with E-state index in [0.717, 1.165) is 24.3 Å². The number of piperazine rings is 1. The van der Waals surface area contributed by atoms with Gasteiger partial charge in [0.05, 0.1) is 6.61 Å². The number of esters is 1. The third-order valence-corrected chi connectivity index (χ3v) is 5.80. The van der Waals surface area contributed by atoms with Gasteiger partial charge in [-0.15, -0.1) is 0 Å². The quantitative estimate of drug-likeness (QED) is 0.584. The lowest BCUT2D eigenvalue weighted by atomic mass is 9.91. The fraction of sp³-hybridized carbons (Fsp3) is 0.348. The molecule has 0 spiro atoms. The molecule has 2 atom stereocenters. The fourth-order valence-electron chi connectivity index (χ4n) is 3.94. The van der Waals surface area contributed by atoms with Gasteiger partial charge in [-0.3, -0.25) is 14.9 Å². The number of ether oxygens (including phenoxy) is 1. The molecule has 0 radical (unpaired) electrons. The lowest BCUT2D eigenvalue weighted by molar-refractivity contribution is -0.153. The standard InChI is InChI=1S/C23H25ClN4O3/c1-2-31-22(30)19-20(16-6-4-3-5-7-16)25-23(26-21(19)29)28-14-12-27(13-15-28)18-10-8-17(24)9-11-18/h3-11,19-20H,2,12-15H2,1H3,(H,25,26,29)/t19-,20-/m1/s1. The second-order valence-electron chi connectivity index (χ2n) is 7.48. The Bertz CT molecular complexity index is 957. The van der Waals surface area contributed by atoms with Crippen LogP contribution in [0, 0.1) is 5.92 Å². The molecule has 1 N–H and O–H groups in total. The van der Waals surface area contributed by atoms with E-state index in [1.807, 2.05) is 54.6 Å². The SMILES string of the molecule is CCOC(=O)[C@H]1C(=O)NC(N2CCN(c3ccc(Cl)cc3)CC2)=N[C@@H]1c1ccccc1. The summed E-state index contributed by atoms with van der Waals surface area (Å²) in [4.78, 5) is 34.6. The van der Waals surface area contributed by atoms with Crippen molar-refractivity contribution >= 4 is 35.1 Å². The number of aliphatic imine (C=N–C) groups is 1. The number of rotatable bonds is 4. The molecule has 0 bridgehead atoms. The van der Waals surface area contributed by atoms with Gasteiger partial charge < -0.3 is 14.5 Å². The lowest BCUT2D eigenvalue weighted by Crippen LogP contribution is -2.57. The van der Waals surface area contributed by atoms with Crippen LogP contribution in [0.2, 0.25) is 5.02 Å². The third-order valence-electron chi connectivity index (χ3n) is 5.55. The van der Waals surface area contributed by atoms with Crippen molar-refractivity contribution in [1.82, 2.24) is 10.2 Å². The van der Waals surface area contributed by atoms with Gasteiger partial charge in [0.2, 0.25) is 11.9 Å². The van der Waals surface area contributed by atoms with Crippen LogP contribution in [0.3, 0.4) is 0 Å². The number of nitrogens with zero attached hydrogens (tertiary/aromatic N) is 3. The van der Waals surface area contributed by atoms with Crippen LogP contribution in [-0.2, 0) is 14.3 Å². The summed E-state index contributed by atoms with van der Waals surface area (Å²) in [5.41, 5.74) is 1.93. The average molecular weight is 441 g/mol. The van der Waals surface area contributed by atoms with E-state index in [9.17, 15) is 9.59 Å². The number of amides is 1. The van der Waals surface area contributed by atoms with Gasteiger partial charge in [0, 0.05) is 36.9 Å². The molecule has 1 fully saturated rings. The van der Waals surface area contributed by atoms with Crippen molar-refractivity contribution in [2.45, 2.75) is 13.0 Å². The number of carbonyl (C=O) groups excluding carboxylic acids is 2. The molecule has 2 aromatic carbocycles. The number of carbonyl (C=O) groups is 2. The molecule has 2 aliphatic heterocycles. The Morgan fingerprint density at radius 2 is 1.71 bits per heavy atom. The summed E-state index contributed by atoms with van der Waals surface area (Å²) >= 11 is 5.99. The summed E-state index contributed by atoms with van der Waals surface area (Å²) in [7, 11) is 0. The van der Waals surface area contributed by atoms with Crippen LogP contribution in [0.25, 0.3) is 0 Å². The minimum Gasteiger partial charge on any atom is -0.465 e. The zero-order valence-electron chi connectivity index (χ0n) is 17.3. The predicted molar refractivity (Wildman–Crippen MR) is 120 cm³/mol. The van der Waals surface area contributed by atoms with Gasteiger partial charge in [-0.1, -0.05) is 41.9 Å². The molecular weight excluding hydrogens is 416 g/mol. The minimum absolute atomic E-state index is 0.216. The summed E-state index contributed by atoms with van der Waals surface area (Å²) < 4.78 is 5.16. The van der Waals surface area contributed by atoms with Gasteiger partial charge in [-0.25, -0.2) is 4.99 Å². The van der Waals surface area contributed by atoms with Crippen molar-refractivity contribution in [2.24, 2.45) is 10.9 Å². The molecule has 8 heteroatoms. The first-order valence-electron chi connectivity index (χ1n) is 10.4. The van der Waals surface area contributed by atoms with Crippen LogP contribution in [0.4, 0.5) is 5.69 Å². The monoisotopic (exact) mass is 440 g/mol. The van der Waals surface area contributed by atoms with Crippen LogP contribution < -0.4 is 10.2 Å². The number of hydrogen-bond acceptors (Lipinski definition) is 6. The number of nitrogens with one attached hydrogen (secondary N) is 1. The van der Waals surface area contributed by atoms with Crippen LogP contribution in [0.1, 0.15) is 18.5 Å². The largest absolute Gasteiger partial charge is 0.465 e. The first kappa shape index (κ1) is 21.2. The van der Waals surface area contributed by atoms with Crippen molar-refractivity contribution in [3.63, 3.8) is 0 Å². The maximum Gasteiger partial charge on any atom is 0.321 e. The predicted octanol–water partition coefficient (Wildman–Crippen LogP) is 2.87. The molecule has 162 valence electrons. The van der Waals surface area contributed by atoms with E-state index in [0.29, 0.717) is 24.1 Å². The summed E-state index contributed by atoms with van der Waals surface area (Å²) in [5, 5.41) is 3.55. The third kappa shape index (κ3) is 4.66. The Kier molecular flexibility index (Phi) is 6.42.